The van der Waals surface area contributed by atoms with Gasteiger partial charge in [-0.25, -0.2) is 0 Å². The van der Waals surface area contributed by atoms with Crippen LogP contribution < -0.4 is 4.57 Å². The highest BCUT2D eigenvalue weighted by Crippen LogP contribution is 2.31. The first-order valence-electron chi connectivity index (χ1n) is 14.2. The molecule has 0 bridgehead atoms. The van der Waals surface area contributed by atoms with Crippen LogP contribution in [0.15, 0.2) is 127 Å². The molecule has 0 N–H and O–H groups in total. The van der Waals surface area contributed by atoms with Crippen LogP contribution in [-0.4, -0.2) is 33.5 Å². The molecule has 43 heavy (non-hydrogen) atoms. The minimum Gasteiger partial charge on any atom is -0.274 e. The van der Waals surface area contributed by atoms with Crippen LogP contribution in [0.2, 0.25) is 0 Å². The zero-order valence-corrected chi connectivity index (χ0v) is 24.1. The van der Waals surface area contributed by atoms with Gasteiger partial charge in [-0.2, -0.15) is 4.57 Å². The molecule has 0 atom stereocenters. The molecule has 0 spiro atoms. The van der Waals surface area contributed by atoms with E-state index in [1.54, 1.807) is 24.3 Å². The Labute approximate surface area is 253 Å². The lowest BCUT2D eigenvalue weighted by Crippen LogP contribution is -2.36. The molecule has 2 aromatic heterocycles. The molecular weight excluding hydrogens is 552 g/mol. The summed E-state index contributed by atoms with van der Waals surface area (Å²) in [6.45, 7) is 0.338. The van der Waals surface area contributed by atoms with Crippen LogP contribution in [0.25, 0.3) is 38.8 Å². The van der Waals surface area contributed by atoms with Crippen LogP contribution in [0.1, 0.15) is 32.1 Å². The van der Waals surface area contributed by atoms with Gasteiger partial charge in [-0.15, -0.1) is 0 Å². The number of aryl methyl sites for hydroxylation is 1. The molecule has 0 aliphatic carbocycles. The van der Waals surface area contributed by atoms with Crippen LogP contribution in [-0.2, 0) is 6.42 Å². The number of pyridine rings is 1. The van der Waals surface area contributed by atoms with Crippen molar-refractivity contribution in [1.29, 1.82) is 0 Å². The number of carbonyl (C=O) groups is 2. The Hall–Kier alpha value is -5.27. The molecule has 6 nitrogen and oxygen atoms in total. The Morgan fingerprint density at radius 2 is 1.07 bits per heavy atom. The van der Waals surface area contributed by atoms with Crippen molar-refractivity contribution < 1.29 is 14.2 Å². The first kappa shape index (κ1) is 26.6. The summed E-state index contributed by atoms with van der Waals surface area (Å²) in [6.07, 6.45) is 1.21. The number of carbonyl (C=O) groups excluding carboxylic acids is 2. The molecule has 7 rings (SSSR count). The number of imide groups is 1. The molecule has 1 aliphatic rings. The summed E-state index contributed by atoms with van der Waals surface area (Å²) in [6, 6.07) is 42.5. The Morgan fingerprint density at radius 1 is 0.581 bits per heavy atom. The third kappa shape index (κ3) is 5.15. The fourth-order valence-electron chi connectivity index (χ4n) is 5.51. The average molecular weight is 580 g/mol. The molecule has 2 amide bonds. The van der Waals surface area contributed by atoms with Gasteiger partial charge in [-0.05, 0) is 58.2 Å². The topological polar surface area (TPSA) is 67.0 Å². The summed E-state index contributed by atoms with van der Waals surface area (Å²) in [4.78, 5) is 26.9. The van der Waals surface area contributed by atoms with E-state index in [1.165, 1.54) is 16.2 Å². The number of hydrogen-bond acceptors (Lipinski definition) is 5. The number of rotatable bonds is 8. The molecular formula is C36H27N4O2S+. The van der Waals surface area contributed by atoms with Gasteiger partial charge >= 0.3 is 5.13 Å². The molecule has 0 saturated heterocycles. The number of nitrogens with zero attached hydrogens (tertiary/aromatic N) is 4. The van der Waals surface area contributed by atoms with Gasteiger partial charge < -0.3 is 0 Å². The number of aromatic nitrogens is 3. The second-order valence-corrected chi connectivity index (χ2v) is 11.4. The number of benzene rings is 4. The van der Waals surface area contributed by atoms with E-state index in [4.69, 9.17) is 0 Å². The maximum atomic E-state index is 12.8. The van der Waals surface area contributed by atoms with Crippen LogP contribution in [0.3, 0.4) is 0 Å². The minimum atomic E-state index is -0.229. The Kier molecular flexibility index (Phi) is 7.15. The summed E-state index contributed by atoms with van der Waals surface area (Å²) in [7, 11) is 0. The number of hydrogen-bond donors (Lipinski definition) is 0. The van der Waals surface area contributed by atoms with E-state index in [1.807, 2.05) is 42.5 Å². The van der Waals surface area contributed by atoms with Gasteiger partial charge in [-0.3, -0.25) is 14.5 Å². The summed E-state index contributed by atoms with van der Waals surface area (Å²) in [5.74, 6) is -0.458. The lowest BCUT2D eigenvalue weighted by Gasteiger charge is -2.13. The highest BCUT2D eigenvalue weighted by atomic mass is 32.1. The van der Waals surface area contributed by atoms with E-state index in [9.17, 15) is 9.59 Å². The molecule has 0 unspecified atom stereocenters. The van der Waals surface area contributed by atoms with E-state index in [2.05, 4.69) is 75.4 Å². The summed E-state index contributed by atoms with van der Waals surface area (Å²) in [5, 5.41) is 10.8. The van der Waals surface area contributed by atoms with Crippen molar-refractivity contribution in [3.63, 3.8) is 0 Å². The summed E-state index contributed by atoms with van der Waals surface area (Å²) in [5.41, 5.74) is 7.35. The Bertz CT molecular complexity index is 1840. The zero-order valence-electron chi connectivity index (χ0n) is 23.3. The first-order chi connectivity index (χ1) is 21.2. The van der Waals surface area contributed by atoms with E-state index >= 15 is 0 Å². The van der Waals surface area contributed by atoms with E-state index < -0.39 is 0 Å². The third-order valence-corrected chi connectivity index (χ3v) is 8.58. The van der Waals surface area contributed by atoms with Gasteiger partial charge in [0.15, 0.2) is 0 Å². The quantitative estimate of drug-likeness (QED) is 0.143. The fraction of sp³-hybridized carbons (Fsp3) is 0.0833. The van der Waals surface area contributed by atoms with Crippen molar-refractivity contribution in [2.24, 2.45) is 0 Å². The van der Waals surface area contributed by atoms with Gasteiger partial charge in [0, 0.05) is 24.1 Å². The van der Waals surface area contributed by atoms with Gasteiger partial charge in [0.1, 0.15) is 16.4 Å². The smallest absolute Gasteiger partial charge is 0.274 e. The van der Waals surface area contributed by atoms with Crippen molar-refractivity contribution in [2.45, 2.75) is 12.8 Å². The standard InChI is InChI=1S/C36H27N4O2S/c41-34-29-19-10-11-20-30(29)35(42)39(34)22-12-21-33-37-38-36(43-33)40-31(26-15-6-2-7-16-26)23-28(25-13-4-1-5-14-25)24-32(40)27-17-8-3-9-18-27/h1-11,13-20,23-24H,12,21-22H2/q+1. The highest BCUT2D eigenvalue weighted by molar-refractivity contribution is 7.13. The van der Waals surface area contributed by atoms with E-state index in [-0.39, 0.29) is 11.8 Å². The van der Waals surface area contributed by atoms with Gasteiger partial charge in [0.05, 0.1) is 16.2 Å². The maximum absolute atomic E-state index is 12.8. The molecule has 1 aliphatic heterocycles. The third-order valence-electron chi connectivity index (χ3n) is 7.61. The molecule has 3 heterocycles. The van der Waals surface area contributed by atoms with Crippen LogP contribution in [0.4, 0.5) is 0 Å². The normalized spacial score (nSPS) is 12.5. The lowest BCUT2D eigenvalue weighted by molar-refractivity contribution is -0.571. The maximum Gasteiger partial charge on any atom is 0.415 e. The van der Waals surface area contributed by atoms with Gasteiger partial charge in [0.2, 0.25) is 0 Å². The SMILES string of the molecule is O=C1c2ccccc2C(=O)N1CCCc1nnc(-[n+]2c(-c3ccccc3)cc(-c3ccccc3)cc2-c2ccccc2)s1. The molecule has 0 radical (unpaired) electrons. The number of amides is 2. The van der Waals surface area contributed by atoms with E-state index in [0.717, 1.165) is 43.8 Å². The molecule has 6 aromatic rings. The van der Waals surface area contributed by atoms with Crippen molar-refractivity contribution in [2.75, 3.05) is 6.54 Å². The fourth-order valence-corrected chi connectivity index (χ4v) is 6.42. The van der Waals surface area contributed by atoms with Crippen LogP contribution >= 0.6 is 11.3 Å². The molecule has 0 fully saturated rings. The predicted octanol–water partition coefficient (Wildman–Crippen LogP) is 7.04. The summed E-state index contributed by atoms with van der Waals surface area (Å²) >= 11 is 1.53. The molecule has 0 saturated carbocycles. The van der Waals surface area contributed by atoms with Crippen molar-refractivity contribution in [3.8, 4) is 38.8 Å². The molecule has 4 aromatic carbocycles. The van der Waals surface area contributed by atoms with Crippen LogP contribution in [0, 0.1) is 0 Å². The Morgan fingerprint density at radius 3 is 1.60 bits per heavy atom. The second-order valence-electron chi connectivity index (χ2n) is 10.3. The Balaban J connectivity index is 1.24. The van der Waals surface area contributed by atoms with Crippen molar-refractivity contribution >= 4 is 23.2 Å². The second kappa shape index (κ2) is 11.5. The monoisotopic (exact) mass is 579 g/mol. The van der Waals surface area contributed by atoms with E-state index in [0.29, 0.717) is 30.5 Å². The largest absolute Gasteiger partial charge is 0.415 e. The lowest BCUT2D eigenvalue weighted by atomic mass is 9.99. The van der Waals surface area contributed by atoms with Gasteiger partial charge in [0.25, 0.3) is 11.8 Å². The predicted molar refractivity (Wildman–Crippen MR) is 168 cm³/mol. The van der Waals surface area contributed by atoms with Gasteiger partial charge in [-0.1, -0.05) is 103 Å². The number of fused-ring (bicyclic) bond motifs is 1. The minimum absolute atomic E-state index is 0.229. The molecule has 208 valence electrons. The zero-order chi connectivity index (χ0) is 29.2. The van der Waals surface area contributed by atoms with Crippen molar-refractivity contribution in [3.05, 3.63) is 144 Å². The average Bonchev–Trinajstić information content (AvgIpc) is 3.64. The van der Waals surface area contributed by atoms with Crippen LogP contribution in [0.5, 0.6) is 0 Å². The first-order valence-corrected chi connectivity index (χ1v) is 15.0. The molecule has 7 heteroatoms. The highest BCUT2D eigenvalue weighted by Gasteiger charge is 2.34. The summed E-state index contributed by atoms with van der Waals surface area (Å²) < 4.78 is 2.18. The van der Waals surface area contributed by atoms with Crippen molar-refractivity contribution in [1.82, 2.24) is 15.1 Å².